The number of benzene rings is 2. The first-order chi connectivity index (χ1) is 10.2. The van der Waals surface area contributed by atoms with Gasteiger partial charge >= 0.3 is 0 Å². The van der Waals surface area contributed by atoms with E-state index in [2.05, 4.69) is 5.32 Å². The molecule has 0 aliphatic rings. The summed E-state index contributed by atoms with van der Waals surface area (Å²) < 4.78 is 5.68. The van der Waals surface area contributed by atoms with Crippen LogP contribution < -0.4 is 10.1 Å². The number of halogens is 1. The maximum absolute atomic E-state index is 9.99. The first kappa shape index (κ1) is 15.8. The Balaban J connectivity index is 1.68. The van der Waals surface area contributed by atoms with Gasteiger partial charge in [-0.2, -0.15) is 0 Å². The van der Waals surface area contributed by atoms with Gasteiger partial charge in [0.2, 0.25) is 0 Å². The van der Waals surface area contributed by atoms with Crippen molar-refractivity contribution in [2.24, 2.45) is 0 Å². The average molecular weight is 306 g/mol. The minimum Gasteiger partial charge on any atom is -0.492 e. The zero-order valence-electron chi connectivity index (χ0n) is 12.1. The summed E-state index contributed by atoms with van der Waals surface area (Å²) in [7, 11) is 0. The molecule has 2 rings (SSSR count). The molecule has 0 aliphatic carbocycles. The van der Waals surface area contributed by atoms with Crippen molar-refractivity contribution in [2.75, 3.05) is 19.7 Å². The summed E-state index contributed by atoms with van der Waals surface area (Å²) >= 11 is 5.90. The zero-order valence-corrected chi connectivity index (χ0v) is 12.8. The summed E-state index contributed by atoms with van der Waals surface area (Å²) in [5.41, 5.74) is 1.94. The quantitative estimate of drug-likeness (QED) is 0.771. The molecule has 21 heavy (non-hydrogen) atoms. The molecule has 4 heteroatoms. The molecule has 0 amide bonds. The summed E-state index contributed by atoms with van der Waals surface area (Å²) in [5, 5.41) is 13.9. The Morgan fingerprint density at radius 1 is 1.19 bits per heavy atom. The van der Waals surface area contributed by atoms with Gasteiger partial charge in [0.25, 0.3) is 0 Å². The van der Waals surface area contributed by atoms with Crippen LogP contribution in [0, 0.1) is 6.92 Å². The lowest BCUT2D eigenvalue weighted by atomic mass is 10.1. The number of rotatable bonds is 7. The topological polar surface area (TPSA) is 41.5 Å². The van der Waals surface area contributed by atoms with E-state index in [1.54, 1.807) is 0 Å². The Labute approximate surface area is 130 Å². The van der Waals surface area contributed by atoms with Crippen LogP contribution in [0.2, 0.25) is 5.02 Å². The number of hydrogen-bond donors (Lipinski definition) is 2. The summed E-state index contributed by atoms with van der Waals surface area (Å²) in [6.45, 7) is 3.69. The van der Waals surface area contributed by atoms with Gasteiger partial charge in [-0.25, -0.2) is 0 Å². The third kappa shape index (κ3) is 5.05. The van der Waals surface area contributed by atoms with Crippen LogP contribution >= 0.6 is 11.6 Å². The Morgan fingerprint density at radius 3 is 2.67 bits per heavy atom. The lowest BCUT2D eigenvalue weighted by molar-refractivity contribution is 0.172. The normalized spacial score (nSPS) is 12.1. The van der Waals surface area contributed by atoms with Crippen LogP contribution in [0.15, 0.2) is 48.5 Å². The minimum atomic E-state index is -0.497. The van der Waals surface area contributed by atoms with Crippen molar-refractivity contribution in [2.45, 2.75) is 13.0 Å². The Morgan fingerprint density at radius 2 is 1.95 bits per heavy atom. The van der Waals surface area contributed by atoms with Crippen LogP contribution in [0.1, 0.15) is 17.2 Å². The fraction of sp³-hybridized carbons (Fsp3) is 0.294. The highest BCUT2D eigenvalue weighted by atomic mass is 35.5. The first-order valence-corrected chi connectivity index (χ1v) is 7.37. The van der Waals surface area contributed by atoms with E-state index >= 15 is 0 Å². The maximum atomic E-state index is 9.99. The molecular formula is C17H20ClNO2. The van der Waals surface area contributed by atoms with Crippen molar-refractivity contribution in [3.05, 3.63) is 64.7 Å². The highest BCUT2D eigenvalue weighted by Crippen LogP contribution is 2.21. The monoisotopic (exact) mass is 305 g/mol. The molecule has 1 unspecified atom stereocenters. The molecular weight excluding hydrogens is 286 g/mol. The molecule has 2 aromatic carbocycles. The SMILES string of the molecule is Cc1cc(Cl)ccc1OCCNCC(O)c1ccccc1. The molecule has 112 valence electrons. The van der Waals surface area contributed by atoms with Gasteiger partial charge in [-0.05, 0) is 36.2 Å². The first-order valence-electron chi connectivity index (χ1n) is 6.99. The molecule has 0 saturated carbocycles. The highest BCUT2D eigenvalue weighted by Gasteiger charge is 2.05. The number of aryl methyl sites for hydroxylation is 1. The van der Waals surface area contributed by atoms with Crippen molar-refractivity contribution in [3.8, 4) is 5.75 Å². The van der Waals surface area contributed by atoms with Crippen molar-refractivity contribution < 1.29 is 9.84 Å². The van der Waals surface area contributed by atoms with E-state index in [4.69, 9.17) is 16.3 Å². The van der Waals surface area contributed by atoms with Crippen molar-refractivity contribution in [1.82, 2.24) is 5.32 Å². The molecule has 0 aromatic heterocycles. The maximum Gasteiger partial charge on any atom is 0.122 e. The van der Waals surface area contributed by atoms with E-state index in [1.807, 2.05) is 55.5 Å². The minimum absolute atomic E-state index is 0.497. The van der Waals surface area contributed by atoms with Gasteiger partial charge in [0, 0.05) is 18.1 Å². The second-order valence-corrected chi connectivity index (χ2v) is 5.33. The lowest BCUT2D eigenvalue weighted by Crippen LogP contribution is -2.26. The van der Waals surface area contributed by atoms with Gasteiger partial charge in [-0.3, -0.25) is 0 Å². The smallest absolute Gasteiger partial charge is 0.122 e. The van der Waals surface area contributed by atoms with Gasteiger partial charge < -0.3 is 15.2 Å². The van der Waals surface area contributed by atoms with E-state index in [0.717, 1.165) is 16.9 Å². The van der Waals surface area contributed by atoms with E-state index in [-0.39, 0.29) is 0 Å². The predicted molar refractivity (Wildman–Crippen MR) is 86.0 cm³/mol. The van der Waals surface area contributed by atoms with Crippen LogP contribution in [-0.2, 0) is 0 Å². The summed E-state index contributed by atoms with van der Waals surface area (Å²) in [4.78, 5) is 0. The average Bonchev–Trinajstić information content (AvgIpc) is 2.49. The molecule has 0 radical (unpaired) electrons. The third-order valence-electron chi connectivity index (χ3n) is 3.20. The predicted octanol–water partition coefficient (Wildman–Crippen LogP) is 3.35. The number of ether oxygens (including phenoxy) is 1. The van der Waals surface area contributed by atoms with E-state index < -0.39 is 6.10 Å². The van der Waals surface area contributed by atoms with Gasteiger partial charge in [0.1, 0.15) is 12.4 Å². The van der Waals surface area contributed by atoms with Crippen molar-refractivity contribution in [3.63, 3.8) is 0 Å². The number of aliphatic hydroxyl groups is 1. The molecule has 2 N–H and O–H groups in total. The van der Waals surface area contributed by atoms with Crippen LogP contribution in [0.5, 0.6) is 5.75 Å². The number of hydrogen-bond acceptors (Lipinski definition) is 3. The molecule has 1 atom stereocenters. The summed E-state index contributed by atoms with van der Waals surface area (Å²) in [5.74, 6) is 0.838. The highest BCUT2D eigenvalue weighted by molar-refractivity contribution is 6.30. The van der Waals surface area contributed by atoms with Crippen LogP contribution in [-0.4, -0.2) is 24.8 Å². The summed E-state index contributed by atoms with van der Waals surface area (Å²) in [6.07, 6.45) is -0.497. The molecule has 0 saturated heterocycles. The lowest BCUT2D eigenvalue weighted by Gasteiger charge is -2.13. The molecule has 0 spiro atoms. The molecule has 0 aliphatic heterocycles. The van der Waals surface area contributed by atoms with Gasteiger partial charge in [-0.1, -0.05) is 41.9 Å². The molecule has 0 fully saturated rings. The van der Waals surface area contributed by atoms with Crippen LogP contribution in [0.3, 0.4) is 0 Å². The van der Waals surface area contributed by atoms with Gasteiger partial charge in [0.15, 0.2) is 0 Å². The summed E-state index contributed by atoms with van der Waals surface area (Å²) in [6, 6.07) is 15.2. The Kier molecular flexibility index (Phi) is 6.05. The Bertz CT molecular complexity index is 560. The standard InChI is InChI=1S/C17H20ClNO2/c1-13-11-15(18)7-8-17(13)21-10-9-19-12-16(20)14-5-3-2-4-6-14/h2-8,11,16,19-20H,9-10,12H2,1H3. The van der Waals surface area contributed by atoms with E-state index in [1.165, 1.54) is 0 Å². The third-order valence-corrected chi connectivity index (χ3v) is 3.43. The molecule has 2 aromatic rings. The Hall–Kier alpha value is -1.55. The van der Waals surface area contributed by atoms with E-state index in [0.29, 0.717) is 24.7 Å². The largest absolute Gasteiger partial charge is 0.492 e. The van der Waals surface area contributed by atoms with Crippen molar-refractivity contribution >= 4 is 11.6 Å². The second-order valence-electron chi connectivity index (χ2n) is 4.89. The van der Waals surface area contributed by atoms with E-state index in [9.17, 15) is 5.11 Å². The number of nitrogens with one attached hydrogen (secondary N) is 1. The van der Waals surface area contributed by atoms with Crippen LogP contribution in [0.4, 0.5) is 0 Å². The fourth-order valence-electron chi connectivity index (χ4n) is 2.04. The zero-order chi connectivity index (χ0) is 15.1. The van der Waals surface area contributed by atoms with Crippen LogP contribution in [0.25, 0.3) is 0 Å². The molecule has 3 nitrogen and oxygen atoms in total. The second kappa shape index (κ2) is 8.03. The number of aliphatic hydroxyl groups excluding tert-OH is 1. The molecule has 0 heterocycles. The fourth-order valence-corrected chi connectivity index (χ4v) is 2.27. The molecule has 0 bridgehead atoms. The van der Waals surface area contributed by atoms with Gasteiger partial charge in [0.05, 0.1) is 6.10 Å². The van der Waals surface area contributed by atoms with Gasteiger partial charge in [-0.15, -0.1) is 0 Å². The van der Waals surface area contributed by atoms with Crippen molar-refractivity contribution in [1.29, 1.82) is 0 Å².